The van der Waals surface area contributed by atoms with Crippen LogP contribution in [0.25, 0.3) is 0 Å². The zero-order valence-corrected chi connectivity index (χ0v) is 12.3. The standard InChI is InChI=1S/C15H24N2O3/c1-12-5-6-13(20-12)10-17(2)14(19)9-16-15(11-18)7-3-4-8-15/h5-6,16,18H,3-4,7-11H2,1-2H3. The van der Waals surface area contributed by atoms with Crippen LogP contribution in [-0.4, -0.2) is 41.7 Å². The van der Waals surface area contributed by atoms with Crippen LogP contribution in [0.15, 0.2) is 16.5 Å². The number of aliphatic hydroxyl groups excluding tert-OH is 1. The molecule has 112 valence electrons. The number of amides is 1. The molecule has 5 heteroatoms. The molecule has 1 aliphatic carbocycles. The Labute approximate surface area is 119 Å². The monoisotopic (exact) mass is 280 g/mol. The van der Waals surface area contributed by atoms with Gasteiger partial charge in [-0.1, -0.05) is 12.8 Å². The normalized spacial score (nSPS) is 17.4. The van der Waals surface area contributed by atoms with E-state index in [0.717, 1.165) is 37.2 Å². The second-order valence-electron chi connectivity index (χ2n) is 5.76. The lowest BCUT2D eigenvalue weighted by Gasteiger charge is -2.28. The zero-order valence-electron chi connectivity index (χ0n) is 12.3. The van der Waals surface area contributed by atoms with Crippen molar-refractivity contribution in [3.63, 3.8) is 0 Å². The van der Waals surface area contributed by atoms with E-state index in [4.69, 9.17) is 4.42 Å². The summed E-state index contributed by atoms with van der Waals surface area (Å²) in [5, 5.41) is 12.7. The Morgan fingerprint density at radius 2 is 2.15 bits per heavy atom. The summed E-state index contributed by atoms with van der Waals surface area (Å²) in [5.74, 6) is 1.65. The number of carbonyl (C=O) groups excluding carboxylic acids is 1. The first-order chi connectivity index (χ1) is 9.54. The number of hydrogen-bond donors (Lipinski definition) is 2. The highest BCUT2D eigenvalue weighted by Gasteiger charge is 2.33. The molecule has 0 spiro atoms. The minimum Gasteiger partial charge on any atom is -0.464 e. The summed E-state index contributed by atoms with van der Waals surface area (Å²) >= 11 is 0. The Morgan fingerprint density at radius 1 is 1.45 bits per heavy atom. The molecule has 0 unspecified atom stereocenters. The number of nitrogens with zero attached hydrogens (tertiary/aromatic N) is 1. The average molecular weight is 280 g/mol. The van der Waals surface area contributed by atoms with Crippen LogP contribution in [0.3, 0.4) is 0 Å². The number of rotatable bonds is 6. The fraction of sp³-hybridized carbons (Fsp3) is 0.667. The first kappa shape index (κ1) is 15.1. The highest BCUT2D eigenvalue weighted by atomic mass is 16.3. The fourth-order valence-electron chi connectivity index (χ4n) is 2.73. The van der Waals surface area contributed by atoms with Crippen molar-refractivity contribution in [1.82, 2.24) is 10.2 Å². The van der Waals surface area contributed by atoms with Crippen molar-refractivity contribution in [2.45, 2.75) is 44.7 Å². The van der Waals surface area contributed by atoms with Crippen LogP contribution < -0.4 is 5.32 Å². The van der Waals surface area contributed by atoms with Gasteiger partial charge < -0.3 is 19.7 Å². The molecule has 1 aliphatic rings. The molecule has 0 radical (unpaired) electrons. The van der Waals surface area contributed by atoms with Crippen LogP contribution in [0, 0.1) is 6.92 Å². The van der Waals surface area contributed by atoms with E-state index in [1.807, 2.05) is 19.1 Å². The van der Waals surface area contributed by atoms with Crippen LogP contribution in [0.5, 0.6) is 0 Å². The van der Waals surface area contributed by atoms with Gasteiger partial charge >= 0.3 is 0 Å². The quantitative estimate of drug-likeness (QED) is 0.827. The van der Waals surface area contributed by atoms with E-state index in [1.54, 1.807) is 11.9 Å². The molecular weight excluding hydrogens is 256 g/mol. The molecule has 1 aromatic rings. The van der Waals surface area contributed by atoms with Gasteiger partial charge in [0.15, 0.2) is 0 Å². The van der Waals surface area contributed by atoms with Crippen LogP contribution in [0.4, 0.5) is 0 Å². The number of likely N-dealkylation sites (N-methyl/N-ethyl adjacent to an activating group) is 1. The summed E-state index contributed by atoms with van der Waals surface area (Å²) in [7, 11) is 1.77. The molecule has 1 aromatic heterocycles. The van der Waals surface area contributed by atoms with Crippen LogP contribution in [-0.2, 0) is 11.3 Å². The van der Waals surface area contributed by atoms with Gasteiger partial charge in [-0.3, -0.25) is 4.79 Å². The second-order valence-corrected chi connectivity index (χ2v) is 5.76. The SMILES string of the molecule is Cc1ccc(CN(C)C(=O)CNC2(CO)CCCC2)o1. The first-order valence-electron chi connectivity index (χ1n) is 7.20. The summed E-state index contributed by atoms with van der Waals surface area (Å²) in [6.07, 6.45) is 4.11. The number of nitrogens with one attached hydrogen (secondary N) is 1. The smallest absolute Gasteiger partial charge is 0.236 e. The molecule has 0 saturated heterocycles. The highest BCUT2D eigenvalue weighted by molar-refractivity contribution is 5.78. The molecule has 0 aliphatic heterocycles. The van der Waals surface area contributed by atoms with E-state index in [-0.39, 0.29) is 24.6 Å². The minimum atomic E-state index is -0.252. The second kappa shape index (κ2) is 6.41. The minimum absolute atomic E-state index is 0.0128. The fourth-order valence-corrected chi connectivity index (χ4v) is 2.73. The maximum Gasteiger partial charge on any atom is 0.236 e. The van der Waals surface area contributed by atoms with Crippen LogP contribution in [0.2, 0.25) is 0 Å². The molecule has 20 heavy (non-hydrogen) atoms. The maximum absolute atomic E-state index is 12.1. The molecule has 2 N–H and O–H groups in total. The van der Waals surface area contributed by atoms with Gasteiger partial charge in [-0.2, -0.15) is 0 Å². The molecule has 0 aromatic carbocycles. The maximum atomic E-state index is 12.1. The zero-order chi connectivity index (χ0) is 14.6. The highest BCUT2D eigenvalue weighted by Crippen LogP contribution is 2.28. The van der Waals surface area contributed by atoms with E-state index in [9.17, 15) is 9.90 Å². The molecule has 1 amide bonds. The van der Waals surface area contributed by atoms with Crippen molar-refractivity contribution >= 4 is 5.91 Å². The Morgan fingerprint density at radius 3 is 2.70 bits per heavy atom. The van der Waals surface area contributed by atoms with Crippen molar-refractivity contribution in [2.24, 2.45) is 0 Å². The molecule has 1 fully saturated rings. The summed E-state index contributed by atoms with van der Waals surface area (Å²) in [6, 6.07) is 3.78. The molecule has 2 rings (SSSR count). The third kappa shape index (κ3) is 3.61. The van der Waals surface area contributed by atoms with E-state index >= 15 is 0 Å². The van der Waals surface area contributed by atoms with Crippen molar-refractivity contribution in [1.29, 1.82) is 0 Å². The summed E-state index contributed by atoms with van der Waals surface area (Å²) in [4.78, 5) is 13.8. The van der Waals surface area contributed by atoms with Crippen molar-refractivity contribution in [3.05, 3.63) is 23.7 Å². The van der Waals surface area contributed by atoms with Crippen molar-refractivity contribution in [3.8, 4) is 0 Å². The number of furan rings is 1. The van der Waals surface area contributed by atoms with E-state index in [2.05, 4.69) is 5.32 Å². The van der Waals surface area contributed by atoms with E-state index in [1.165, 1.54) is 0 Å². The topological polar surface area (TPSA) is 65.7 Å². The van der Waals surface area contributed by atoms with Crippen LogP contribution in [0.1, 0.15) is 37.2 Å². The third-order valence-corrected chi connectivity index (χ3v) is 4.09. The van der Waals surface area contributed by atoms with E-state index in [0.29, 0.717) is 6.54 Å². The van der Waals surface area contributed by atoms with E-state index < -0.39 is 0 Å². The van der Waals surface area contributed by atoms with Gasteiger partial charge in [0, 0.05) is 12.6 Å². The van der Waals surface area contributed by atoms with Gasteiger partial charge in [0.2, 0.25) is 5.91 Å². The summed E-state index contributed by atoms with van der Waals surface area (Å²) in [5.41, 5.74) is -0.252. The number of carbonyl (C=O) groups is 1. The molecule has 5 nitrogen and oxygen atoms in total. The van der Waals surface area contributed by atoms with Gasteiger partial charge in [-0.15, -0.1) is 0 Å². The average Bonchev–Trinajstić information content (AvgIpc) is 3.06. The van der Waals surface area contributed by atoms with Gasteiger partial charge in [0.05, 0.1) is 19.7 Å². The lowest BCUT2D eigenvalue weighted by molar-refractivity contribution is -0.130. The predicted octanol–water partition coefficient (Wildman–Crippen LogP) is 1.44. The largest absolute Gasteiger partial charge is 0.464 e. The summed E-state index contributed by atoms with van der Waals surface area (Å²) in [6.45, 7) is 2.72. The van der Waals surface area contributed by atoms with Crippen LogP contribution >= 0.6 is 0 Å². The number of aryl methyl sites for hydroxylation is 1. The van der Waals surface area contributed by atoms with Gasteiger partial charge in [-0.25, -0.2) is 0 Å². The Balaban J connectivity index is 1.82. The Hall–Kier alpha value is -1.33. The lowest BCUT2D eigenvalue weighted by atomic mass is 9.99. The molecular formula is C15H24N2O3. The van der Waals surface area contributed by atoms with Gasteiger partial charge in [0.25, 0.3) is 0 Å². The Bertz CT molecular complexity index is 450. The summed E-state index contributed by atoms with van der Waals surface area (Å²) < 4.78 is 5.47. The number of aliphatic hydroxyl groups is 1. The predicted molar refractivity (Wildman–Crippen MR) is 76.2 cm³/mol. The van der Waals surface area contributed by atoms with Gasteiger partial charge in [0.1, 0.15) is 11.5 Å². The molecule has 0 atom stereocenters. The number of hydrogen-bond acceptors (Lipinski definition) is 4. The third-order valence-electron chi connectivity index (χ3n) is 4.09. The Kier molecular flexibility index (Phi) is 4.83. The lowest BCUT2D eigenvalue weighted by Crippen LogP contribution is -2.50. The first-order valence-corrected chi connectivity index (χ1v) is 7.20. The van der Waals surface area contributed by atoms with Gasteiger partial charge in [-0.05, 0) is 31.9 Å². The molecule has 1 heterocycles. The van der Waals surface area contributed by atoms with Crippen molar-refractivity contribution < 1.29 is 14.3 Å². The van der Waals surface area contributed by atoms with Crippen molar-refractivity contribution in [2.75, 3.05) is 20.2 Å². The molecule has 0 bridgehead atoms. The molecule has 1 saturated carbocycles.